The van der Waals surface area contributed by atoms with E-state index >= 15 is 0 Å². The average Bonchev–Trinajstić information content (AvgIpc) is 2.72. The quantitative estimate of drug-likeness (QED) is 0.826. The molecule has 0 spiro atoms. The number of rotatable bonds is 2. The molecule has 0 aliphatic carbocycles. The minimum Gasteiger partial charge on any atom is -0.481 e. The summed E-state index contributed by atoms with van der Waals surface area (Å²) in [7, 11) is 0. The zero-order valence-electron chi connectivity index (χ0n) is 11.6. The molecule has 1 amide bonds. The number of amides is 1. The van der Waals surface area contributed by atoms with Gasteiger partial charge in [-0.3, -0.25) is 9.69 Å². The summed E-state index contributed by atoms with van der Waals surface area (Å²) >= 11 is 0. The molecule has 2 heterocycles. The van der Waals surface area contributed by atoms with Crippen LogP contribution in [0.1, 0.15) is 40.0 Å². The van der Waals surface area contributed by atoms with Crippen molar-refractivity contribution in [3.05, 3.63) is 0 Å². The molecule has 0 aromatic heterocycles. The van der Waals surface area contributed by atoms with Gasteiger partial charge in [-0.1, -0.05) is 0 Å². The number of hydrogen-bond acceptors (Lipinski definition) is 4. The minimum absolute atomic E-state index is 0.0424. The van der Waals surface area contributed by atoms with Crippen LogP contribution in [0.15, 0.2) is 0 Å². The number of carbonyl (C=O) groups excluding carboxylic acids is 1. The Morgan fingerprint density at radius 1 is 1.42 bits per heavy atom. The van der Waals surface area contributed by atoms with Gasteiger partial charge >= 0.3 is 12.1 Å². The lowest BCUT2D eigenvalue weighted by molar-refractivity contribution is -0.138. The molecule has 2 aliphatic rings. The van der Waals surface area contributed by atoms with Crippen molar-refractivity contribution in [2.24, 2.45) is 0 Å². The van der Waals surface area contributed by atoms with Crippen LogP contribution in [0.2, 0.25) is 0 Å². The molecule has 2 aliphatic heterocycles. The molecule has 19 heavy (non-hydrogen) atoms. The minimum atomic E-state index is -0.904. The summed E-state index contributed by atoms with van der Waals surface area (Å²) in [6, 6.07) is -0.373. The first-order chi connectivity index (χ1) is 8.78. The van der Waals surface area contributed by atoms with Crippen molar-refractivity contribution < 1.29 is 24.2 Å². The van der Waals surface area contributed by atoms with E-state index in [2.05, 4.69) is 0 Å². The fourth-order valence-corrected chi connectivity index (χ4v) is 2.82. The predicted octanol–water partition coefficient (Wildman–Crippen LogP) is 1.63. The zero-order valence-corrected chi connectivity index (χ0v) is 11.6. The second-order valence-electron chi connectivity index (χ2n) is 6.14. The van der Waals surface area contributed by atoms with E-state index in [1.165, 1.54) is 0 Å². The number of nitrogens with zero attached hydrogens (tertiary/aromatic N) is 1. The molecule has 6 nitrogen and oxygen atoms in total. The Morgan fingerprint density at radius 2 is 2.11 bits per heavy atom. The fraction of sp³-hybridized carbons (Fsp3) is 0.846. The van der Waals surface area contributed by atoms with Crippen LogP contribution in [0, 0.1) is 0 Å². The van der Waals surface area contributed by atoms with Crippen LogP contribution >= 0.6 is 0 Å². The molecular formula is C13H21NO5. The highest BCUT2D eigenvalue weighted by atomic mass is 16.6. The van der Waals surface area contributed by atoms with Gasteiger partial charge in [0.2, 0.25) is 0 Å². The van der Waals surface area contributed by atoms with Gasteiger partial charge in [0.15, 0.2) is 0 Å². The molecule has 2 fully saturated rings. The number of fused-ring (bicyclic) bond motifs is 1. The van der Waals surface area contributed by atoms with E-state index in [0.29, 0.717) is 13.0 Å². The van der Waals surface area contributed by atoms with Crippen molar-refractivity contribution in [1.82, 2.24) is 4.90 Å². The number of likely N-dealkylation sites (tertiary alicyclic amines) is 1. The average molecular weight is 271 g/mol. The van der Waals surface area contributed by atoms with Crippen molar-refractivity contribution >= 4 is 12.1 Å². The number of carboxylic acids is 1. The lowest BCUT2D eigenvalue weighted by Gasteiger charge is -2.31. The second kappa shape index (κ2) is 5.00. The monoisotopic (exact) mass is 271 g/mol. The molecule has 0 saturated carbocycles. The van der Waals surface area contributed by atoms with Gasteiger partial charge in [-0.15, -0.1) is 0 Å². The molecule has 0 aromatic rings. The van der Waals surface area contributed by atoms with Gasteiger partial charge in [0.05, 0.1) is 18.6 Å². The molecule has 6 heteroatoms. The van der Waals surface area contributed by atoms with Crippen molar-refractivity contribution in [3.8, 4) is 0 Å². The maximum atomic E-state index is 12.3. The van der Waals surface area contributed by atoms with Gasteiger partial charge in [0.1, 0.15) is 5.60 Å². The van der Waals surface area contributed by atoms with E-state index < -0.39 is 17.7 Å². The first-order valence-corrected chi connectivity index (χ1v) is 6.62. The first-order valence-electron chi connectivity index (χ1n) is 6.62. The summed E-state index contributed by atoms with van der Waals surface area (Å²) in [6.07, 6.45) is 0.792. The van der Waals surface area contributed by atoms with E-state index in [-0.39, 0.29) is 24.6 Å². The van der Waals surface area contributed by atoms with Gasteiger partial charge in [-0.25, -0.2) is 4.79 Å². The number of ether oxygens (including phenoxy) is 2. The largest absolute Gasteiger partial charge is 0.481 e. The summed E-state index contributed by atoms with van der Waals surface area (Å²) in [4.78, 5) is 24.7. The third-order valence-electron chi connectivity index (χ3n) is 3.44. The van der Waals surface area contributed by atoms with Crippen LogP contribution in [0.3, 0.4) is 0 Å². The summed E-state index contributed by atoms with van der Waals surface area (Å²) in [5.74, 6) is -0.904. The van der Waals surface area contributed by atoms with Crippen molar-refractivity contribution in [2.45, 2.75) is 63.8 Å². The molecule has 1 unspecified atom stereocenters. The number of hydrogen-bond donors (Lipinski definition) is 1. The van der Waals surface area contributed by atoms with E-state index in [1.807, 2.05) is 0 Å². The van der Waals surface area contributed by atoms with E-state index in [0.717, 1.165) is 6.42 Å². The van der Waals surface area contributed by atoms with Crippen molar-refractivity contribution in [3.63, 3.8) is 0 Å². The van der Waals surface area contributed by atoms with Gasteiger partial charge in [-0.05, 0) is 33.6 Å². The lowest BCUT2D eigenvalue weighted by Crippen LogP contribution is -2.45. The van der Waals surface area contributed by atoms with Crippen LogP contribution < -0.4 is 0 Å². The maximum absolute atomic E-state index is 12.3. The Bertz CT molecular complexity index is 376. The third kappa shape index (κ3) is 3.18. The molecule has 1 N–H and O–H groups in total. The highest BCUT2D eigenvalue weighted by molar-refractivity contribution is 5.73. The number of aliphatic carboxylic acids is 1. The normalized spacial score (nSPS) is 30.3. The van der Waals surface area contributed by atoms with Crippen LogP contribution in [-0.2, 0) is 14.3 Å². The molecule has 0 bridgehead atoms. The Hall–Kier alpha value is -1.30. The number of carbonyl (C=O) groups is 2. The lowest BCUT2D eigenvalue weighted by atomic mass is 10.1. The van der Waals surface area contributed by atoms with E-state index in [9.17, 15) is 9.59 Å². The smallest absolute Gasteiger partial charge is 0.410 e. The van der Waals surface area contributed by atoms with Crippen LogP contribution in [-0.4, -0.2) is 52.5 Å². The summed E-state index contributed by atoms with van der Waals surface area (Å²) in [6.45, 7) is 6.02. The summed E-state index contributed by atoms with van der Waals surface area (Å²) in [5, 5.41) is 8.95. The molecule has 2 rings (SSSR count). The standard InChI is InChI=1S/C13H21NO5/c1-13(2,3)19-12(17)14-8(7-11(15)16)6-10-9(14)4-5-18-10/h8-10H,4-7H2,1-3H3,(H,15,16)/t8?,9-,10-/m1/s1. The van der Waals surface area contributed by atoms with Crippen LogP contribution in [0.4, 0.5) is 4.79 Å². The van der Waals surface area contributed by atoms with Crippen molar-refractivity contribution in [2.75, 3.05) is 6.61 Å². The van der Waals surface area contributed by atoms with Gasteiger partial charge in [0, 0.05) is 12.6 Å². The Kier molecular flexibility index (Phi) is 3.71. The van der Waals surface area contributed by atoms with Gasteiger partial charge in [-0.2, -0.15) is 0 Å². The van der Waals surface area contributed by atoms with Crippen LogP contribution in [0.5, 0.6) is 0 Å². The first kappa shape index (κ1) is 14.1. The summed E-state index contributed by atoms with van der Waals surface area (Å²) < 4.78 is 10.9. The molecule has 0 aromatic carbocycles. The molecule has 108 valence electrons. The maximum Gasteiger partial charge on any atom is 0.410 e. The Morgan fingerprint density at radius 3 is 2.68 bits per heavy atom. The summed E-state index contributed by atoms with van der Waals surface area (Å²) in [5.41, 5.74) is -0.581. The van der Waals surface area contributed by atoms with E-state index in [1.54, 1.807) is 25.7 Å². The molecule has 2 saturated heterocycles. The highest BCUT2D eigenvalue weighted by Gasteiger charge is 2.48. The number of carboxylic acid groups (broad SMARTS) is 1. The second-order valence-corrected chi connectivity index (χ2v) is 6.14. The molecule has 3 atom stereocenters. The van der Waals surface area contributed by atoms with Crippen molar-refractivity contribution in [1.29, 1.82) is 0 Å². The SMILES string of the molecule is CC(C)(C)OC(=O)N1C(CC(=O)O)C[C@H]2OCC[C@H]21. The third-order valence-corrected chi connectivity index (χ3v) is 3.44. The Labute approximate surface area is 112 Å². The van der Waals surface area contributed by atoms with Crippen LogP contribution in [0.25, 0.3) is 0 Å². The van der Waals surface area contributed by atoms with Gasteiger partial charge in [0.25, 0.3) is 0 Å². The highest BCUT2D eigenvalue weighted by Crippen LogP contribution is 2.36. The van der Waals surface area contributed by atoms with E-state index in [4.69, 9.17) is 14.6 Å². The molecule has 0 radical (unpaired) electrons. The topological polar surface area (TPSA) is 76.1 Å². The fourth-order valence-electron chi connectivity index (χ4n) is 2.82. The molecular weight excluding hydrogens is 250 g/mol. The predicted molar refractivity (Wildman–Crippen MR) is 66.9 cm³/mol. The van der Waals surface area contributed by atoms with Gasteiger partial charge < -0.3 is 14.6 Å². The zero-order chi connectivity index (χ0) is 14.2. The Balaban J connectivity index is 2.12.